The molecule has 1 aliphatic rings. The summed E-state index contributed by atoms with van der Waals surface area (Å²) in [5.41, 5.74) is 0. The fourth-order valence-electron chi connectivity index (χ4n) is 2.20. The molecule has 1 atom stereocenters. The highest BCUT2D eigenvalue weighted by atomic mass is 16.2. The Balaban J connectivity index is 1.98. The number of rotatable bonds is 7. The van der Waals surface area contributed by atoms with Crippen LogP contribution in [0, 0.1) is 5.92 Å². The van der Waals surface area contributed by atoms with E-state index in [0.717, 1.165) is 18.9 Å². The van der Waals surface area contributed by atoms with Crippen molar-refractivity contribution in [3.63, 3.8) is 0 Å². The molecule has 0 spiro atoms. The van der Waals surface area contributed by atoms with Crippen LogP contribution in [0.15, 0.2) is 0 Å². The van der Waals surface area contributed by atoms with Crippen LogP contribution in [0.2, 0.25) is 0 Å². The molecule has 0 saturated carbocycles. The van der Waals surface area contributed by atoms with Crippen LogP contribution in [-0.2, 0) is 0 Å². The molecule has 3 heteroatoms. The second-order valence-corrected chi connectivity index (χ2v) is 4.30. The number of aliphatic hydroxyl groups is 1. The van der Waals surface area contributed by atoms with Crippen molar-refractivity contribution in [2.45, 2.75) is 25.7 Å². The zero-order chi connectivity index (χ0) is 10.2. The van der Waals surface area contributed by atoms with Gasteiger partial charge in [-0.05, 0) is 58.3 Å². The molecule has 1 saturated heterocycles. The Morgan fingerprint density at radius 2 is 2.21 bits per heavy atom. The van der Waals surface area contributed by atoms with E-state index in [2.05, 4.69) is 10.2 Å². The number of nitrogens with one attached hydrogen (secondary N) is 1. The van der Waals surface area contributed by atoms with Gasteiger partial charge < -0.3 is 15.3 Å². The van der Waals surface area contributed by atoms with Gasteiger partial charge in [0.25, 0.3) is 0 Å². The van der Waals surface area contributed by atoms with Crippen LogP contribution in [-0.4, -0.2) is 49.8 Å². The van der Waals surface area contributed by atoms with Crippen molar-refractivity contribution >= 4 is 0 Å². The maximum absolute atomic E-state index is 8.65. The van der Waals surface area contributed by atoms with E-state index in [1.54, 1.807) is 0 Å². The van der Waals surface area contributed by atoms with E-state index in [1.165, 1.54) is 38.9 Å². The number of likely N-dealkylation sites (tertiary alicyclic amines) is 1. The van der Waals surface area contributed by atoms with Gasteiger partial charge in [0, 0.05) is 13.2 Å². The van der Waals surface area contributed by atoms with Crippen LogP contribution in [0.4, 0.5) is 0 Å². The fourth-order valence-corrected chi connectivity index (χ4v) is 2.20. The van der Waals surface area contributed by atoms with E-state index < -0.39 is 0 Å². The highest BCUT2D eigenvalue weighted by Crippen LogP contribution is 2.15. The summed E-state index contributed by atoms with van der Waals surface area (Å²) in [5, 5.41) is 11.9. The molecule has 0 aromatic rings. The molecule has 0 bridgehead atoms. The Labute approximate surface area is 87.5 Å². The van der Waals surface area contributed by atoms with Gasteiger partial charge in [0.1, 0.15) is 0 Å². The summed E-state index contributed by atoms with van der Waals surface area (Å²) in [7, 11) is 2.03. The van der Waals surface area contributed by atoms with Crippen LogP contribution in [0.5, 0.6) is 0 Å². The van der Waals surface area contributed by atoms with Gasteiger partial charge in [-0.15, -0.1) is 0 Å². The van der Waals surface area contributed by atoms with Crippen molar-refractivity contribution in [2.24, 2.45) is 5.92 Å². The van der Waals surface area contributed by atoms with E-state index in [0.29, 0.717) is 6.61 Å². The number of hydrogen-bond donors (Lipinski definition) is 2. The highest BCUT2D eigenvalue weighted by molar-refractivity contribution is 4.76. The molecular formula is C11H24N2O. The maximum atomic E-state index is 8.65. The molecule has 2 N–H and O–H groups in total. The molecule has 1 rings (SSSR count). The fraction of sp³-hybridized carbons (Fsp3) is 1.00. The molecule has 0 aromatic heterocycles. The van der Waals surface area contributed by atoms with Gasteiger partial charge in [0.05, 0.1) is 0 Å². The van der Waals surface area contributed by atoms with Crippen LogP contribution in [0.3, 0.4) is 0 Å². The predicted octanol–water partition coefficient (Wildman–Crippen LogP) is 0.690. The second-order valence-electron chi connectivity index (χ2n) is 4.30. The van der Waals surface area contributed by atoms with Crippen LogP contribution < -0.4 is 5.32 Å². The smallest absolute Gasteiger partial charge is 0.0431 e. The lowest BCUT2D eigenvalue weighted by Crippen LogP contribution is -2.25. The summed E-state index contributed by atoms with van der Waals surface area (Å²) in [4.78, 5) is 2.55. The van der Waals surface area contributed by atoms with Gasteiger partial charge in [-0.3, -0.25) is 0 Å². The number of hydrogen-bond acceptors (Lipinski definition) is 3. The summed E-state index contributed by atoms with van der Waals surface area (Å²) in [6, 6.07) is 0. The summed E-state index contributed by atoms with van der Waals surface area (Å²) < 4.78 is 0. The first-order valence-corrected chi connectivity index (χ1v) is 5.84. The van der Waals surface area contributed by atoms with Gasteiger partial charge in [0.2, 0.25) is 0 Å². The average molecular weight is 200 g/mol. The molecule has 0 radical (unpaired) electrons. The van der Waals surface area contributed by atoms with Crippen molar-refractivity contribution in [1.82, 2.24) is 10.2 Å². The van der Waals surface area contributed by atoms with Crippen LogP contribution in [0.25, 0.3) is 0 Å². The summed E-state index contributed by atoms with van der Waals surface area (Å²) in [6.45, 7) is 5.27. The largest absolute Gasteiger partial charge is 0.396 e. The lowest BCUT2D eigenvalue weighted by molar-refractivity contribution is 0.271. The standard InChI is InChI=1S/C11H24N2O/c1-12-9-11-5-7-13(10-11)6-3-2-4-8-14/h11-12,14H,2-10H2,1H3. The molecule has 3 nitrogen and oxygen atoms in total. The molecule has 1 heterocycles. The SMILES string of the molecule is CNCC1CCN(CCCCCO)C1. The van der Waals surface area contributed by atoms with E-state index in [-0.39, 0.29) is 0 Å². The Hall–Kier alpha value is -0.120. The van der Waals surface area contributed by atoms with Gasteiger partial charge in [-0.25, -0.2) is 0 Å². The van der Waals surface area contributed by atoms with Crippen molar-refractivity contribution in [3.8, 4) is 0 Å². The Morgan fingerprint density at radius 1 is 1.36 bits per heavy atom. The average Bonchev–Trinajstić information content (AvgIpc) is 2.61. The molecule has 1 aliphatic heterocycles. The number of aliphatic hydroxyl groups excluding tert-OH is 1. The lowest BCUT2D eigenvalue weighted by atomic mass is 10.1. The Morgan fingerprint density at radius 3 is 2.93 bits per heavy atom. The zero-order valence-electron chi connectivity index (χ0n) is 9.34. The second kappa shape index (κ2) is 7.21. The minimum atomic E-state index is 0.350. The molecule has 84 valence electrons. The van der Waals surface area contributed by atoms with E-state index in [4.69, 9.17) is 5.11 Å². The van der Waals surface area contributed by atoms with Crippen molar-refractivity contribution in [1.29, 1.82) is 0 Å². The van der Waals surface area contributed by atoms with Gasteiger partial charge in [0.15, 0.2) is 0 Å². The van der Waals surface area contributed by atoms with E-state index in [1.807, 2.05) is 7.05 Å². The zero-order valence-corrected chi connectivity index (χ0v) is 9.34. The minimum absolute atomic E-state index is 0.350. The van der Waals surface area contributed by atoms with E-state index in [9.17, 15) is 0 Å². The summed E-state index contributed by atoms with van der Waals surface area (Å²) >= 11 is 0. The van der Waals surface area contributed by atoms with Gasteiger partial charge >= 0.3 is 0 Å². The van der Waals surface area contributed by atoms with Crippen molar-refractivity contribution in [2.75, 3.05) is 39.8 Å². The Bertz CT molecular complexity index is 141. The third-order valence-electron chi connectivity index (χ3n) is 3.00. The van der Waals surface area contributed by atoms with Crippen LogP contribution >= 0.6 is 0 Å². The van der Waals surface area contributed by atoms with E-state index >= 15 is 0 Å². The molecule has 1 unspecified atom stereocenters. The number of nitrogens with zero attached hydrogens (tertiary/aromatic N) is 1. The lowest BCUT2D eigenvalue weighted by Gasteiger charge is -2.15. The van der Waals surface area contributed by atoms with Gasteiger partial charge in [-0.1, -0.05) is 0 Å². The van der Waals surface area contributed by atoms with Crippen molar-refractivity contribution < 1.29 is 5.11 Å². The molecule has 1 fully saturated rings. The molecular weight excluding hydrogens is 176 g/mol. The highest BCUT2D eigenvalue weighted by Gasteiger charge is 2.20. The first kappa shape index (κ1) is 12.0. The van der Waals surface area contributed by atoms with Crippen LogP contribution in [0.1, 0.15) is 25.7 Å². The maximum Gasteiger partial charge on any atom is 0.0431 e. The monoisotopic (exact) mass is 200 g/mol. The minimum Gasteiger partial charge on any atom is -0.396 e. The topological polar surface area (TPSA) is 35.5 Å². The first-order chi connectivity index (χ1) is 6.86. The Kier molecular flexibility index (Phi) is 6.15. The first-order valence-electron chi connectivity index (χ1n) is 5.84. The summed E-state index contributed by atoms with van der Waals surface area (Å²) in [6.07, 6.45) is 4.73. The summed E-state index contributed by atoms with van der Waals surface area (Å²) in [5.74, 6) is 0.859. The third-order valence-corrected chi connectivity index (χ3v) is 3.00. The quantitative estimate of drug-likeness (QED) is 0.594. The van der Waals surface area contributed by atoms with Gasteiger partial charge in [-0.2, -0.15) is 0 Å². The molecule has 0 amide bonds. The normalized spacial score (nSPS) is 23.1. The third kappa shape index (κ3) is 4.40. The number of unbranched alkanes of at least 4 members (excludes halogenated alkanes) is 2. The molecule has 0 aliphatic carbocycles. The van der Waals surface area contributed by atoms with Crippen molar-refractivity contribution in [3.05, 3.63) is 0 Å². The molecule has 14 heavy (non-hydrogen) atoms. The predicted molar refractivity (Wildman–Crippen MR) is 59.4 cm³/mol. The molecule has 0 aromatic carbocycles.